The first-order valence-electron chi connectivity index (χ1n) is 7.87. The number of nitrogens with one attached hydrogen (secondary N) is 1. The number of primary amides is 1. The number of rotatable bonds is 2. The van der Waals surface area contributed by atoms with Gasteiger partial charge in [-0.05, 0) is 18.2 Å². The first kappa shape index (κ1) is 14.7. The molecule has 1 aromatic heterocycles. The number of carbonyl (C=O) groups is 2. The first-order chi connectivity index (χ1) is 11.7. The van der Waals surface area contributed by atoms with Crippen LogP contribution in [-0.4, -0.2) is 48.0 Å². The van der Waals surface area contributed by atoms with Crippen LogP contribution in [0.1, 0.15) is 20.7 Å². The Balaban J connectivity index is 1.97. The normalized spacial score (nSPS) is 15.1. The monoisotopic (exact) mass is 323 g/mol. The zero-order valence-corrected chi connectivity index (χ0v) is 13.0. The highest BCUT2D eigenvalue weighted by Crippen LogP contribution is 2.31. The number of nitrogens with two attached hydrogens (primary N) is 1. The number of carbonyl (C=O) groups excluding carboxylic acids is 2. The van der Waals surface area contributed by atoms with Crippen LogP contribution >= 0.6 is 0 Å². The number of amides is 2. The van der Waals surface area contributed by atoms with Gasteiger partial charge in [0, 0.05) is 34.9 Å². The van der Waals surface area contributed by atoms with E-state index in [2.05, 4.69) is 4.98 Å². The summed E-state index contributed by atoms with van der Waals surface area (Å²) in [6.07, 6.45) is 0. The zero-order valence-electron chi connectivity index (χ0n) is 13.0. The lowest BCUT2D eigenvalue weighted by molar-refractivity contribution is 0.0304. The summed E-state index contributed by atoms with van der Waals surface area (Å²) in [4.78, 5) is 29.8. The largest absolute Gasteiger partial charge is 0.378 e. The Hall–Kier alpha value is -2.86. The van der Waals surface area contributed by atoms with Crippen molar-refractivity contribution >= 4 is 33.6 Å². The summed E-state index contributed by atoms with van der Waals surface area (Å²) in [5.41, 5.74) is 7.95. The van der Waals surface area contributed by atoms with Gasteiger partial charge in [-0.2, -0.15) is 0 Å². The summed E-state index contributed by atoms with van der Waals surface area (Å²) in [5.74, 6) is -0.569. The van der Waals surface area contributed by atoms with Crippen LogP contribution in [0.2, 0.25) is 0 Å². The van der Waals surface area contributed by atoms with E-state index in [0.717, 1.165) is 16.3 Å². The molecule has 3 aromatic rings. The Kier molecular flexibility index (Phi) is 3.46. The lowest BCUT2D eigenvalue weighted by Crippen LogP contribution is -2.40. The summed E-state index contributed by atoms with van der Waals surface area (Å²) in [5, 5.41) is 1.66. The van der Waals surface area contributed by atoms with Crippen LogP contribution in [-0.2, 0) is 4.74 Å². The minimum atomic E-state index is -0.517. The second-order valence-electron chi connectivity index (χ2n) is 5.85. The Morgan fingerprint density at radius 1 is 1.04 bits per heavy atom. The molecule has 1 saturated heterocycles. The highest BCUT2D eigenvalue weighted by molar-refractivity contribution is 6.21. The fourth-order valence-electron chi connectivity index (χ4n) is 3.28. The highest BCUT2D eigenvalue weighted by atomic mass is 16.5. The standard InChI is InChI=1S/C18H17N3O3/c19-17(22)13-6-5-12(18(23)21-7-9-24-10-8-21)15-11-3-1-2-4-14(11)20-16(13)15/h1-6,20H,7-10H2,(H2,19,22). The molecule has 0 saturated carbocycles. The van der Waals surface area contributed by atoms with Crippen molar-refractivity contribution in [1.82, 2.24) is 9.88 Å². The first-order valence-corrected chi connectivity index (χ1v) is 7.87. The molecule has 0 bridgehead atoms. The van der Waals surface area contributed by atoms with Crippen LogP contribution in [0.4, 0.5) is 0 Å². The molecule has 1 aliphatic rings. The van der Waals surface area contributed by atoms with Crippen LogP contribution in [0.5, 0.6) is 0 Å². The molecule has 24 heavy (non-hydrogen) atoms. The van der Waals surface area contributed by atoms with E-state index in [-0.39, 0.29) is 5.91 Å². The topological polar surface area (TPSA) is 88.4 Å². The third kappa shape index (κ3) is 2.23. The van der Waals surface area contributed by atoms with E-state index in [1.165, 1.54) is 0 Å². The van der Waals surface area contributed by atoms with E-state index >= 15 is 0 Å². The molecule has 0 radical (unpaired) electrons. The average Bonchev–Trinajstić information content (AvgIpc) is 3.00. The van der Waals surface area contributed by atoms with Gasteiger partial charge in [-0.1, -0.05) is 18.2 Å². The molecule has 1 fully saturated rings. The minimum Gasteiger partial charge on any atom is -0.378 e. The highest BCUT2D eigenvalue weighted by Gasteiger charge is 2.23. The van der Waals surface area contributed by atoms with E-state index < -0.39 is 5.91 Å². The van der Waals surface area contributed by atoms with Crippen LogP contribution in [0.3, 0.4) is 0 Å². The summed E-state index contributed by atoms with van der Waals surface area (Å²) in [6.45, 7) is 2.23. The number of hydrogen-bond acceptors (Lipinski definition) is 3. The van der Waals surface area contributed by atoms with Gasteiger partial charge in [0.15, 0.2) is 0 Å². The van der Waals surface area contributed by atoms with Gasteiger partial charge in [0.25, 0.3) is 11.8 Å². The van der Waals surface area contributed by atoms with E-state index in [0.29, 0.717) is 42.9 Å². The Morgan fingerprint density at radius 2 is 1.75 bits per heavy atom. The van der Waals surface area contributed by atoms with E-state index in [1.54, 1.807) is 17.0 Å². The summed E-state index contributed by atoms with van der Waals surface area (Å²) >= 11 is 0. The van der Waals surface area contributed by atoms with Crippen molar-refractivity contribution in [3.05, 3.63) is 47.5 Å². The lowest BCUT2D eigenvalue weighted by Gasteiger charge is -2.27. The van der Waals surface area contributed by atoms with E-state index in [1.807, 2.05) is 24.3 Å². The van der Waals surface area contributed by atoms with Crippen molar-refractivity contribution in [3.63, 3.8) is 0 Å². The molecule has 4 rings (SSSR count). The molecule has 0 spiro atoms. The zero-order chi connectivity index (χ0) is 16.7. The number of ether oxygens (including phenoxy) is 1. The van der Waals surface area contributed by atoms with Crippen LogP contribution in [0, 0.1) is 0 Å². The number of para-hydroxylation sites is 1. The number of hydrogen-bond donors (Lipinski definition) is 2. The van der Waals surface area contributed by atoms with Gasteiger partial charge in [-0.3, -0.25) is 9.59 Å². The number of fused-ring (bicyclic) bond motifs is 3. The van der Waals surface area contributed by atoms with Crippen LogP contribution < -0.4 is 5.73 Å². The molecular formula is C18H17N3O3. The second kappa shape index (κ2) is 5.65. The van der Waals surface area contributed by atoms with Crippen molar-refractivity contribution in [1.29, 1.82) is 0 Å². The number of H-pyrrole nitrogens is 1. The number of aromatic nitrogens is 1. The number of benzene rings is 2. The Bertz CT molecular complexity index is 955. The third-order valence-corrected chi connectivity index (χ3v) is 4.46. The summed E-state index contributed by atoms with van der Waals surface area (Å²) in [6, 6.07) is 11.0. The van der Waals surface area contributed by atoms with Crippen molar-refractivity contribution in [3.8, 4) is 0 Å². The van der Waals surface area contributed by atoms with Gasteiger partial charge in [0.1, 0.15) is 0 Å². The SMILES string of the molecule is NC(=O)c1ccc(C(=O)N2CCOCC2)c2c1[nH]c1ccccc12. The maximum absolute atomic E-state index is 13.0. The quantitative estimate of drug-likeness (QED) is 0.755. The predicted octanol–water partition coefficient (Wildman–Crippen LogP) is 1.89. The van der Waals surface area contributed by atoms with Crippen molar-refractivity contribution in [2.24, 2.45) is 5.73 Å². The third-order valence-electron chi connectivity index (χ3n) is 4.46. The molecule has 2 aromatic carbocycles. The molecule has 1 aliphatic heterocycles. The smallest absolute Gasteiger partial charge is 0.254 e. The maximum atomic E-state index is 13.0. The van der Waals surface area contributed by atoms with Crippen molar-refractivity contribution in [2.75, 3.05) is 26.3 Å². The fourth-order valence-corrected chi connectivity index (χ4v) is 3.28. The average molecular weight is 323 g/mol. The van der Waals surface area contributed by atoms with E-state index in [9.17, 15) is 9.59 Å². The van der Waals surface area contributed by atoms with Crippen molar-refractivity contribution < 1.29 is 14.3 Å². The van der Waals surface area contributed by atoms with Gasteiger partial charge >= 0.3 is 0 Å². The number of aromatic amines is 1. The van der Waals surface area contributed by atoms with Crippen molar-refractivity contribution in [2.45, 2.75) is 0 Å². The number of morpholine rings is 1. The van der Waals surface area contributed by atoms with Crippen LogP contribution in [0.25, 0.3) is 21.8 Å². The molecule has 6 nitrogen and oxygen atoms in total. The van der Waals surface area contributed by atoms with E-state index in [4.69, 9.17) is 10.5 Å². The second-order valence-corrected chi connectivity index (χ2v) is 5.85. The number of nitrogens with zero attached hydrogens (tertiary/aromatic N) is 1. The fraction of sp³-hybridized carbons (Fsp3) is 0.222. The molecule has 2 heterocycles. The molecule has 3 N–H and O–H groups in total. The van der Waals surface area contributed by atoms with Gasteiger partial charge in [-0.25, -0.2) is 0 Å². The molecule has 0 atom stereocenters. The van der Waals surface area contributed by atoms with Gasteiger partial charge < -0.3 is 20.4 Å². The molecule has 0 unspecified atom stereocenters. The molecule has 2 amide bonds. The maximum Gasteiger partial charge on any atom is 0.254 e. The Morgan fingerprint density at radius 3 is 2.50 bits per heavy atom. The molecule has 0 aliphatic carbocycles. The predicted molar refractivity (Wildman–Crippen MR) is 91.0 cm³/mol. The molecule has 6 heteroatoms. The Labute approximate surface area is 138 Å². The summed E-state index contributed by atoms with van der Waals surface area (Å²) in [7, 11) is 0. The van der Waals surface area contributed by atoms with Gasteiger partial charge in [-0.15, -0.1) is 0 Å². The minimum absolute atomic E-state index is 0.0518. The molecule has 122 valence electrons. The van der Waals surface area contributed by atoms with Gasteiger partial charge in [0.05, 0.1) is 24.3 Å². The van der Waals surface area contributed by atoms with Gasteiger partial charge in [0.2, 0.25) is 0 Å². The lowest BCUT2D eigenvalue weighted by atomic mass is 10.0. The summed E-state index contributed by atoms with van der Waals surface area (Å²) < 4.78 is 5.32. The molecular weight excluding hydrogens is 306 g/mol. The van der Waals surface area contributed by atoms with Crippen LogP contribution in [0.15, 0.2) is 36.4 Å².